The molecule has 2 aromatic carbocycles. The fourth-order valence-corrected chi connectivity index (χ4v) is 5.55. The maximum absolute atomic E-state index is 15.5. The van der Waals surface area contributed by atoms with Gasteiger partial charge in [0.25, 0.3) is 0 Å². The van der Waals surface area contributed by atoms with Gasteiger partial charge in [-0.2, -0.15) is 0 Å². The molecule has 2 atom stereocenters. The Hall–Kier alpha value is -4.08. The van der Waals surface area contributed by atoms with Crippen LogP contribution in [0.1, 0.15) is 18.9 Å². The first-order valence-electron chi connectivity index (χ1n) is 11.2. The first-order valence-corrected chi connectivity index (χ1v) is 11.2. The Kier molecular flexibility index (Phi) is 4.42. The van der Waals surface area contributed by atoms with Crippen LogP contribution in [0.2, 0.25) is 0 Å². The van der Waals surface area contributed by atoms with Gasteiger partial charge in [0.15, 0.2) is 0 Å². The molecule has 3 heterocycles. The van der Waals surface area contributed by atoms with Crippen LogP contribution in [0.4, 0.5) is 29.5 Å². The molecule has 0 radical (unpaired) electrons. The summed E-state index contributed by atoms with van der Waals surface area (Å²) in [6.45, 7) is 2.09. The van der Waals surface area contributed by atoms with Crippen LogP contribution in [0, 0.1) is 17.5 Å². The van der Waals surface area contributed by atoms with Crippen LogP contribution >= 0.6 is 0 Å². The van der Waals surface area contributed by atoms with Crippen molar-refractivity contribution >= 4 is 28.6 Å². The summed E-state index contributed by atoms with van der Waals surface area (Å²) < 4.78 is 45.9. The van der Waals surface area contributed by atoms with E-state index in [1.807, 2.05) is 0 Å². The minimum absolute atomic E-state index is 0.142. The predicted octanol–water partition coefficient (Wildman–Crippen LogP) is 4.56. The molecule has 2 aliphatic rings. The highest BCUT2D eigenvalue weighted by Crippen LogP contribution is 2.60. The number of halogens is 3. The number of fused-ring (bicyclic) bond motifs is 2. The second kappa shape index (κ2) is 7.21. The zero-order valence-corrected chi connectivity index (χ0v) is 19.0. The first-order chi connectivity index (χ1) is 16.8. The van der Waals surface area contributed by atoms with Gasteiger partial charge in [-0.25, -0.2) is 27.9 Å². The molecular formula is C25H21F3N6O. The number of aromatic nitrogens is 3. The Morgan fingerprint density at radius 3 is 2.63 bits per heavy atom. The molecule has 2 fully saturated rings. The van der Waals surface area contributed by atoms with Gasteiger partial charge in [0.05, 0.1) is 17.0 Å². The van der Waals surface area contributed by atoms with E-state index in [1.165, 1.54) is 22.2 Å². The van der Waals surface area contributed by atoms with E-state index in [2.05, 4.69) is 9.97 Å². The largest absolute Gasteiger partial charge is 0.383 e. The number of anilines is 2. The number of likely N-dealkylation sites (N-methyl/N-ethyl adjacent to an activating group) is 1. The minimum Gasteiger partial charge on any atom is -0.383 e. The second-order valence-corrected chi connectivity index (χ2v) is 8.94. The summed E-state index contributed by atoms with van der Waals surface area (Å²) in [6.07, 6.45) is 3.50. The van der Waals surface area contributed by atoms with Gasteiger partial charge >= 0.3 is 6.03 Å². The summed E-state index contributed by atoms with van der Waals surface area (Å²) in [7, 11) is 1.78. The van der Waals surface area contributed by atoms with Crippen molar-refractivity contribution in [2.45, 2.75) is 24.9 Å². The molecule has 2 amide bonds. The number of urea groups is 1. The van der Waals surface area contributed by atoms with E-state index in [9.17, 15) is 13.6 Å². The van der Waals surface area contributed by atoms with Crippen molar-refractivity contribution in [2.75, 3.05) is 17.2 Å². The number of carbonyl (C=O) groups is 1. The minimum atomic E-state index is -0.978. The van der Waals surface area contributed by atoms with Gasteiger partial charge in [0, 0.05) is 48.6 Å². The SMILES string of the molecule is CCN1C(=O)N(c2ccc(-c3cn(C)c4ncnc(N)c34)c(F)c2)C2CC21c1cc(F)ccc1F. The summed E-state index contributed by atoms with van der Waals surface area (Å²) >= 11 is 0. The average Bonchev–Trinajstić information content (AvgIpc) is 3.36. The fourth-order valence-electron chi connectivity index (χ4n) is 5.55. The third kappa shape index (κ3) is 2.82. The Labute approximate surface area is 198 Å². The molecule has 35 heavy (non-hydrogen) atoms. The van der Waals surface area contributed by atoms with E-state index >= 15 is 4.39 Å². The van der Waals surface area contributed by atoms with Crippen LogP contribution in [-0.4, -0.2) is 38.1 Å². The van der Waals surface area contributed by atoms with Crippen molar-refractivity contribution in [3.63, 3.8) is 0 Å². The third-order valence-electron chi connectivity index (χ3n) is 7.14. The molecule has 178 valence electrons. The summed E-state index contributed by atoms with van der Waals surface area (Å²) in [5, 5.41) is 0.541. The maximum Gasteiger partial charge on any atom is 0.325 e. The first kappa shape index (κ1) is 21.5. The predicted molar refractivity (Wildman–Crippen MR) is 125 cm³/mol. The van der Waals surface area contributed by atoms with Gasteiger partial charge in [0.1, 0.15) is 35.2 Å². The molecule has 10 heteroatoms. The summed E-state index contributed by atoms with van der Waals surface area (Å²) in [4.78, 5) is 24.6. The van der Waals surface area contributed by atoms with Gasteiger partial charge < -0.3 is 15.2 Å². The van der Waals surface area contributed by atoms with Crippen molar-refractivity contribution in [3.05, 3.63) is 71.9 Å². The van der Waals surface area contributed by atoms with E-state index in [0.29, 0.717) is 35.2 Å². The number of aryl methyl sites for hydroxylation is 1. The normalized spacial score (nSPS) is 21.2. The number of hydrogen-bond donors (Lipinski definition) is 1. The van der Waals surface area contributed by atoms with Gasteiger partial charge in [-0.1, -0.05) is 0 Å². The lowest BCUT2D eigenvalue weighted by molar-refractivity contribution is 0.191. The molecule has 0 bridgehead atoms. The van der Waals surface area contributed by atoms with Crippen LogP contribution in [0.15, 0.2) is 48.9 Å². The summed E-state index contributed by atoms with van der Waals surface area (Å²) in [5.74, 6) is -1.46. The van der Waals surface area contributed by atoms with Gasteiger partial charge in [-0.15, -0.1) is 0 Å². The summed E-state index contributed by atoms with van der Waals surface area (Å²) in [6, 6.07) is 6.99. The molecule has 2 N–H and O–H groups in total. The molecule has 1 aliphatic carbocycles. The van der Waals surface area contributed by atoms with Gasteiger partial charge in [-0.3, -0.25) is 4.90 Å². The lowest BCUT2D eigenvalue weighted by Crippen LogP contribution is -2.40. The number of nitrogens with two attached hydrogens (primary N) is 1. The highest BCUT2D eigenvalue weighted by molar-refractivity contribution is 6.02. The van der Waals surface area contributed by atoms with Crippen molar-refractivity contribution in [2.24, 2.45) is 7.05 Å². The van der Waals surface area contributed by atoms with E-state index in [1.54, 1.807) is 36.9 Å². The lowest BCUT2D eigenvalue weighted by Gasteiger charge is -2.27. The number of nitrogens with zero attached hydrogens (tertiary/aromatic N) is 5. The monoisotopic (exact) mass is 478 g/mol. The van der Waals surface area contributed by atoms with Gasteiger partial charge in [0.2, 0.25) is 0 Å². The lowest BCUT2D eigenvalue weighted by atomic mass is 10.0. The molecule has 7 nitrogen and oxygen atoms in total. The highest BCUT2D eigenvalue weighted by atomic mass is 19.1. The molecular weight excluding hydrogens is 457 g/mol. The average molecular weight is 478 g/mol. The molecule has 4 aromatic rings. The van der Waals surface area contributed by atoms with Crippen LogP contribution in [0.3, 0.4) is 0 Å². The highest BCUT2D eigenvalue weighted by Gasteiger charge is 2.71. The number of carbonyl (C=O) groups excluding carboxylic acids is 1. The Morgan fingerprint density at radius 2 is 1.89 bits per heavy atom. The van der Waals surface area contributed by atoms with E-state index < -0.39 is 29.0 Å². The van der Waals surface area contributed by atoms with Crippen LogP contribution < -0.4 is 10.6 Å². The molecule has 2 aromatic heterocycles. The zero-order chi connectivity index (χ0) is 24.6. The van der Waals surface area contributed by atoms with Gasteiger partial charge in [-0.05, 0) is 43.3 Å². The number of rotatable bonds is 4. The molecule has 1 aliphatic heterocycles. The molecule has 1 saturated heterocycles. The van der Waals surface area contributed by atoms with Crippen molar-refractivity contribution < 1.29 is 18.0 Å². The second-order valence-electron chi connectivity index (χ2n) is 8.94. The van der Waals surface area contributed by atoms with E-state index in [4.69, 9.17) is 5.73 Å². The Bertz CT molecular complexity index is 1540. The quantitative estimate of drug-likeness (QED) is 0.466. The van der Waals surface area contributed by atoms with Crippen LogP contribution in [0.5, 0.6) is 0 Å². The van der Waals surface area contributed by atoms with Crippen molar-refractivity contribution in [3.8, 4) is 11.1 Å². The van der Waals surface area contributed by atoms with Crippen molar-refractivity contribution in [1.29, 1.82) is 0 Å². The number of nitrogen functional groups attached to an aromatic ring is 1. The number of benzene rings is 2. The molecule has 0 spiro atoms. The third-order valence-corrected chi connectivity index (χ3v) is 7.14. The fraction of sp³-hybridized carbons (Fsp3) is 0.240. The van der Waals surface area contributed by atoms with E-state index in [-0.39, 0.29) is 23.0 Å². The standard InChI is InChI=1S/C25H21F3N6O/c1-3-33-24(35)34(20-10-25(20,33)17-8-13(26)4-7-18(17)27)14-5-6-15(19(28)9-14)16-11-32(2)23-21(16)22(29)30-12-31-23/h4-9,11-12,20H,3,10H2,1-2H3,(H2,29,30,31). The number of amides is 2. The van der Waals surface area contributed by atoms with Crippen molar-refractivity contribution in [1.82, 2.24) is 19.4 Å². The molecule has 2 unspecified atom stereocenters. The number of hydrogen-bond acceptors (Lipinski definition) is 4. The van der Waals surface area contributed by atoms with E-state index in [0.717, 1.165) is 18.2 Å². The topological polar surface area (TPSA) is 80.3 Å². The molecule has 1 saturated carbocycles. The molecule has 6 rings (SSSR count). The maximum atomic E-state index is 15.5. The summed E-state index contributed by atoms with van der Waals surface area (Å²) in [5.41, 5.74) is 6.96. The Balaban J connectivity index is 1.42. The Morgan fingerprint density at radius 1 is 1.09 bits per heavy atom. The zero-order valence-electron chi connectivity index (χ0n) is 19.0. The smallest absolute Gasteiger partial charge is 0.325 e. The van der Waals surface area contributed by atoms with Crippen LogP contribution in [0.25, 0.3) is 22.2 Å². The van der Waals surface area contributed by atoms with Crippen LogP contribution in [-0.2, 0) is 12.6 Å².